The van der Waals surface area contributed by atoms with Gasteiger partial charge in [0.25, 0.3) is 0 Å². The second-order valence-electron chi connectivity index (χ2n) is 5.52. The lowest BCUT2D eigenvalue weighted by molar-refractivity contribution is -0.0319. The van der Waals surface area contributed by atoms with Crippen LogP contribution in [0, 0.1) is 5.82 Å². The van der Waals surface area contributed by atoms with E-state index in [1.54, 1.807) is 7.11 Å². The molecular weight excluding hydrogens is 295 g/mol. The number of nitrogens with zero attached hydrogens (tertiary/aromatic N) is 1. The minimum atomic E-state index is -3.78. The highest BCUT2D eigenvalue weighted by Gasteiger charge is 2.38. The van der Waals surface area contributed by atoms with Gasteiger partial charge in [-0.15, -0.1) is 0 Å². The maximum Gasteiger partial charge on any atom is 0.243 e. The average Bonchev–Trinajstić information content (AvgIpc) is 2.47. The second-order valence-corrected chi connectivity index (χ2v) is 7.42. The highest BCUT2D eigenvalue weighted by molar-refractivity contribution is 7.89. The summed E-state index contributed by atoms with van der Waals surface area (Å²) in [5.41, 5.74) is 5.03. The van der Waals surface area contributed by atoms with Gasteiger partial charge in [-0.3, -0.25) is 0 Å². The van der Waals surface area contributed by atoms with Crippen LogP contribution in [0.3, 0.4) is 0 Å². The lowest BCUT2D eigenvalue weighted by atomic mass is 9.96. The molecule has 1 unspecified atom stereocenters. The van der Waals surface area contributed by atoms with Crippen LogP contribution in [-0.4, -0.2) is 38.5 Å². The fourth-order valence-electron chi connectivity index (χ4n) is 2.65. The molecule has 1 aliphatic heterocycles. The van der Waals surface area contributed by atoms with Gasteiger partial charge in [0.05, 0.1) is 10.5 Å². The zero-order valence-electron chi connectivity index (χ0n) is 12.3. The molecule has 1 atom stereocenters. The molecule has 0 aliphatic carbocycles. The first kappa shape index (κ1) is 16.4. The Morgan fingerprint density at radius 2 is 2.19 bits per heavy atom. The third kappa shape index (κ3) is 3.11. The largest absolute Gasteiger partial charge is 0.377 e. The number of hydrogen-bond acceptors (Lipinski definition) is 4. The third-order valence-corrected chi connectivity index (χ3v) is 5.94. The number of nitrogens with two attached hydrogens (primary N) is 1. The van der Waals surface area contributed by atoms with E-state index < -0.39 is 21.4 Å². The fraction of sp³-hybridized carbons (Fsp3) is 0.571. The number of hydrogen-bond donors (Lipinski definition) is 1. The van der Waals surface area contributed by atoms with Crippen LogP contribution >= 0.6 is 0 Å². The zero-order chi connectivity index (χ0) is 15.7. The molecule has 1 fully saturated rings. The fourth-order valence-corrected chi connectivity index (χ4v) is 4.48. The third-order valence-electron chi connectivity index (χ3n) is 4.01. The summed E-state index contributed by atoms with van der Waals surface area (Å²) >= 11 is 0. The summed E-state index contributed by atoms with van der Waals surface area (Å²) in [4.78, 5) is -0.0506. The standard InChI is InChI=1S/C14H21FN2O3S/c1-14(20-2)7-4-8-17(10-14)21(18,19)13-6-3-5-12(15)11(13)9-16/h3,5-6H,4,7-10,16H2,1-2H3. The normalized spacial score (nSPS) is 24.2. The van der Waals surface area contributed by atoms with Gasteiger partial charge >= 0.3 is 0 Å². The van der Waals surface area contributed by atoms with Crippen LogP contribution in [0.5, 0.6) is 0 Å². The Labute approximate surface area is 124 Å². The number of ether oxygens (including phenoxy) is 1. The van der Waals surface area contributed by atoms with Crippen molar-refractivity contribution in [1.82, 2.24) is 4.31 Å². The van der Waals surface area contributed by atoms with Crippen LogP contribution in [0.1, 0.15) is 25.3 Å². The molecule has 1 aromatic rings. The summed E-state index contributed by atoms with van der Waals surface area (Å²) in [6.45, 7) is 2.38. The Kier molecular flexibility index (Phi) is 4.67. The van der Waals surface area contributed by atoms with Gasteiger partial charge in [0.15, 0.2) is 0 Å². The molecule has 1 aliphatic rings. The first-order valence-electron chi connectivity index (χ1n) is 6.87. The summed E-state index contributed by atoms with van der Waals surface area (Å²) in [5, 5.41) is 0. The first-order chi connectivity index (χ1) is 9.84. The number of sulfonamides is 1. The molecule has 0 aromatic heterocycles. The number of halogens is 1. The summed E-state index contributed by atoms with van der Waals surface area (Å²) in [6.07, 6.45) is 1.50. The van der Waals surface area contributed by atoms with Crippen molar-refractivity contribution in [1.29, 1.82) is 0 Å². The minimum Gasteiger partial charge on any atom is -0.377 e. The van der Waals surface area contributed by atoms with Crippen molar-refractivity contribution in [2.75, 3.05) is 20.2 Å². The molecular formula is C14H21FN2O3S. The van der Waals surface area contributed by atoms with E-state index in [1.807, 2.05) is 6.92 Å². The second kappa shape index (κ2) is 6.00. The molecule has 7 heteroatoms. The van der Waals surface area contributed by atoms with E-state index in [0.29, 0.717) is 13.0 Å². The lowest BCUT2D eigenvalue weighted by Crippen LogP contribution is -2.49. The molecule has 1 aromatic carbocycles. The molecule has 0 radical (unpaired) electrons. The molecule has 118 valence electrons. The number of benzene rings is 1. The van der Waals surface area contributed by atoms with E-state index in [1.165, 1.54) is 22.5 Å². The Bertz CT molecular complexity index is 621. The SMILES string of the molecule is COC1(C)CCCN(S(=O)(=O)c2cccc(F)c2CN)C1. The van der Waals surface area contributed by atoms with Crippen LogP contribution in [0.25, 0.3) is 0 Å². The maximum atomic E-state index is 13.8. The van der Waals surface area contributed by atoms with E-state index in [2.05, 4.69) is 0 Å². The predicted molar refractivity (Wildman–Crippen MR) is 77.7 cm³/mol. The van der Waals surface area contributed by atoms with Crippen LogP contribution in [0.15, 0.2) is 23.1 Å². The molecule has 5 nitrogen and oxygen atoms in total. The summed E-state index contributed by atoms with van der Waals surface area (Å²) < 4.78 is 46.1. The van der Waals surface area contributed by atoms with Crippen molar-refractivity contribution < 1.29 is 17.5 Å². The number of piperidine rings is 1. The Morgan fingerprint density at radius 1 is 1.48 bits per heavy atom. The number of methoxy groups -OCH3 is 1. The van der Waals surface area contributed by atoms with Crippen molar-refractivity contribution in [3.63, 3.8) is 0 Å². The minimum absolute atomic E-state index is 0.0298. The highest BCUT2D eigenvalue weighted by Crippen LogP contribution is 2.30. The summed E-state index contributed by atoms with van der Waals surface area (Å²) in [6, 6.07) is 4.01. The predicted octanol–water partition coefficient (Wildman–Crippen LogP) is 1.47. The molecule has 0 spiro atoms. The molecule has 21 heavy (non-hydrogen) atoms. The van der Waals surface area contributed by atoms with E-state index >= 15 is 0 Å². The zero-order valence-corrected chi connectivity index (χ0v) is 13.1. The van der Waals surface area contributed by atoms with Crippen molar-refractivity contribution in [3.05, 3.63) is 29.6 Å². The smallest absolute Gasteiger partial charge is 0.243 e. The first-order valence-corrected chi connectivity index (χ1v) is 8.31. The monoisotopic (exact) mass is 316 g/mol. The maximum absolute atomic E-state index is 13.8. The van der Waals surface area contributed by atoms with Crippen molar-refractivity contribution >= 4 is 10.0 Å². The van der Waals surface area contributed by atoms with Crippen molar-refractivity contribution in [2.24, 2.45) is 5.73 Å². The van der Waals surface area contributed by atoms with Gasteiger partial charge in [-0.1, -0.05) is 6.07 Å². The Hall–Kier alpha value is -1.02. The summed E-state index contributed by atoms with van der Waals surface area (Å²) in [5.74, 6) is -0.593. The molecule has 0 bridgehead atoms. The van der Waals surface area contributed by atoms with Crippen LogP contribution in [-0.2, 0) is 21.3 Å². The van der Waals surface area contributed by atoms with Gasteiger partial charge in [-0.2, -0.15) is 4.31 Å². The lowest BCUT2D eigenvalue weighted by Gasteiger charge is -2.38. The Balaban J connectivity index is 2.41. The quantitative estimate of drug-likeness (QED) is 0.913. The number of rotatable bonds is 4. The van der Waals surface area contributed by atoms with Gasteiger partial charge in [-0.05, 0) is 31.9 Å². The molecule has 2 rings (SSSR count). The van der Waals surface area contributed by atoms with E-state index in [0.717, 1.165) is 6.42 Å². The van der Waals surface area contributed by atoms with Crippen molar-refractivity contribution in [3.8, 4) is 0 Å². The molecule has 2 N–H and O–H groups in total. The van der Waals surface area contributed by atoms with Gasteiger partial charge in [0.2, 0.25) is 10.0 Å². The van der Waals surface area contributed by atoms with Crippen LogP contribution in [0.2, 0.25) is 0 Å². The molecule has 1 saturated heterocycles. The van der Waals surface area contributed by atoms with Crippen LogP contribution in [0.4, 0.5) is 4.39 Å². The topological polar surface area (TPSA) is 72.6 Å². The van der Waals surface area contributed by atoms with E-state index in [4.69, 9.17) is 10.5 Å². The van der Waals surface area contributed by atoms with Gasteiger partial charge < -0.3 is 10.5 Å². The average molecular weight is 316 g/mol. The molecule has 0 saturated carbocycles. The summed E-state index contributed by atoms with van der Waals surface area (Å²) in [7, 11) is -2.20. The molecule has 1 heterocycles. The van der Waals surface area contributed by atoms with Gasteiger partial charge in [0.1, 0.15) is 5.82 Å². The van der Waals surface area contributed by atoms with Gasteiger partial charge in [0, 0.05) is 32.3 Å². The highest BCUT2D eigenvalue weighted by atomic mass is 32.2. The van der Waals surface area contributed by atoms with E-state index in [-0.39, 0.29) is 23.5 Å². The van der Waals surface area contributed by atoms with Crippen molar-refractivity contribution in [2.45, 2.75) is 36.8 Å². The van der Waals surface area contributed by atoms with Crippen LogP contribution < -0.4 is 5.73 Å². The van der Waals surface area contributed by atoms with Gasteiger partial charge in [-0.25, -0.2) is 12.8 Å². The van der Waals surface area contributed by atoms with E-state index in [9.17, 15) is 12.8 Å². The Morgan fingerprint density at radius 3 is 2.81 bits per heavy atom. The molecule has 0 amide bonds.